The third kappa shape index (κ3) is 5.52. The predicted octanol–water partition coefficient (Wildman–Crippen LogP) is 3.35. The maximum absolute atomic E-state index is 11.8. The minimum absolute atomic E-state index is 0.0986. The average molecular weight is 434 g/mol. The van der Waals surface area contributed by atoms with E-state index in [9.17, 15) is 9.59 Å². The molecule has 0 bridgehead atoms. The monoisotopic (exact) mass is 433 g/mol. The number of furan rings is 1. The number of amides is 1. The van der Waals surface area contributed by atoms with E-state index in [1.165, 1.54) is 6.26 Å². The predicted molar refractivity (Wildman–Crippen MR) is 97.5 cm³/mol. The van der Waals surface area contributed by atoms with Crippen molar-refractivity contribution in [3.8, 4) is 11.4 Å². The zero-order chi connectivity index (χ0) is 19.1. The summed E-state index contributed by atoms with van der Waals surface area (Å²) in [6.07, 6.45) is 2.02. The molecule has 140 valence electrons. The maximum Gasteiger partial charge on any atom is 0.306 e. The Balaban J connectivity index is 1.37. The molecule has 0 spiro atoms. The van der Waals surface area contributed by atoms with Crippen LogP contribution in [0.1, 0.15) is 29.3 Å². The number of carbonyl (C=O) groups is 2. The lowest BCUT2D eigenvalue weighted by Gasteiger charge is -2.03. The second-order valence-electron chi connectivity index (χ2n) is 5.52. The summed E-state index contributed by atoms with van der Waals surface area (Å²) in [5.41, 5.74) is 0.790. The zero-order valence-corrected chi connectivity index (χ0v) is 15.8. The first-order chi connectivity index (χ1) is 13.1. The van der Waals surface area contributed by atoms with Gasteiger partial charge in [0, 0.05) is 23.0 Å². The van der Waals surface area contributed by atoms with Crippen molar-refractivity contribution in [2.24, 2.45) is 0 Å². The fourth-order valence-corrected chi connectivity index (χ4v) is 2.60. The quantitative estimate of drug-likeness (QED) is 0.428. The van der Waals surface area contributed by atoms with Crippen LogP contribution in [0.5, 0.6) is 0 Å². The normalized spacial score (nSPS) is 10.6. The molecule has 0 aliphatic carbocycles. The van der Waals surface area contributed by atoms with Gasteiger partial charge >= 0.3 is 5.97 Å². The Morgan fingerprint density at radius 2 is 2.11 bits per heavy atom. The van der Waals surface area contributed by atoms with Crippen LogP contribution in [0.15, 0.2) is 56.1 Å². The molecule has 9 heteroatoms. The van der Waals surface area contributed by atoms with Gasteiger partial charge in [0.05, 0.1) is 6.26 Å². The fourth-order valence-electron chi connectivity index (χ4n) is 2.20. The van der Waals surface area contributed by atoms with E-state index in [1.54, 1.807) is 12.1 Å². The third-order valence-electron chi connectivity index (χ3n) is 3.50. The summed E-state index contributed by atoms with van der Waals surface area (Å²) >= 11 is 3.38. The second kappa shape index (κ2) is 9.13. The Morgan fingerprint density at radius 3 is 2.89 bits per heavy atom. The second-order valence-corrected chi connectivity index (χ2v) is 6.44. The van der Waals surface area contributed by atoms with Crippen LogP contribution in [0.25, 0.3) is 11.4 Å². The first-order valence-corrected chi connectivity index (χ1v) is 8.97. The average Bonchev–Trinajstić information content (AvgIpc) is 3.35. The Kier molecular flexibility index (Phi) is 6.37. The van der Waals surface area contributed by atoms with E-state index < -0.39 is 5.97 Å². The summed E-state index contributed by atoms with van der Waals surface area (Å²) in [7, 11) is 0. The fraction of sp³-hybridized carbons (Fsp3) is 0.222. The van der Waals surface area contributed by atoms with Gasteiger partial charge in [-0.3, -0.25) is 9.59 Å². The molecule has 2 heterocycles. The van der Waals surface area contributed by atoms with Crippen molar-refractivity contribution >= 4 is 27.8 Å². The van der Waals surface area contributed by atoms with Gasteiger partial charge in [-0.2, -0.15) is 4.98 Å². The number of nitrogens with one attached hydrogen (secondary N) is 1. The van der Waals surface area contributed by atoms with Crippen molar-refractivity contribution in [2.75, 3.05) is 6.54 Å². The third-order valence-corrected chi connectivity index (χ3v) is 3.99. The molecule has 1 amide bonds. The van der Waals surface area contributed by atoms with Gasteiger partial charge in [0.1, 0.15) is 0 Å². The number of ether oxygens (including phenoxy) is 1. The van der Waals surface area contributed by atoms with Crippen LogP contribution in [0.2, 0.25) is 0 Å². The van der Waals surface area contributed by atoms with Gasteiger partial charge < -0.3 is 19.0 Å². The topological polar surface area (TPSA) is 107 Å². The minimum Gasteiger partial charge on any atom is -0.459 e. The summed E-state index contributed by atoms with van der Waals surface area (Å²) in [5, 5.41) is 6.53. The Hall–Kier alpha value is -2.94. The number of halogens is 1. The summed E-state index contributed by atoms with van der Waals surface area (Å²) < 4.78 is 16.1. The van der Waals surface area contributed by atoms with Gasteiger partial charge in [0.25, 0.3) is 11.8 Å². The molecule has 2 aromatic heterocycles. The molecule has 0 unspecified atom stereocenters. The molecule has 1 aromatic carbocycles. The van der Waals surface area contributed by atoms with Crippen molar-refractivity contribution in [1.29, 1.82) is 0 Å². The van der Waals surface area contributed by atoms with E-state index in [1.807, 2.05) is 24.3 Å². The molecular weight excluding hydrogens is 418 g/mol. The highest BCUT2D eigenvalue weighted by Crippen LogP contribution is 2.20. The zero-order valence-electron chi connectivity index (χ0n) is 14.2. The van der Waals surface area contributed by atoms with E-state index in [0.717, 1.165) is 10.0 Å². The Bertz CT molecular complexity index is 907. The molecule has 0 radical (unpaired) electrons. The molecule has 0 fully saturated rings. The number of carbonyl (C=O) groups excluding carboxylic acids is 2. The van der Waals surface area contributed by atoms with Crippen molar-refractivity contribution in [3.05, 3.63) is 58.8 Å². The van der Waals surface area contributed by atoms with Crippen LogP contribution in [-0.4, -0.2) is 28.6 Å². The largest absolute Gasteiger partial charge is 0.459 e. The van der Waals surface area contributed by atoms with Crippen molar-refractivity contribution in [2.45, 2.75) is 19.4 Å². The number of aromatic nitrogens is 2. The summed E-state index contributed by atoms with van der Waals surface area (Å²) in [5.74, 6) is 0.131. The molecule has 0 atom stereocenters. The van der Waals surface area contributed by atoms with Crippen LogP contribution in [-0.2, 0) is 16.1 Å². The van der Waals surface area contributed by atoms with Crippen LogP contribution < -0.4 is 5.32 Å². The van der Waals surface area contributed by atoms with Crippen molar-refractivity contribution < 1.29 is 23.3 Å². The molecule has 0 aliphatic rings. The molecule has 3 aromatic rings. The first kappa shape index (κ1) is 18.8. The van der Waals surface area contributed by atoms with E-state index in [0.29, 0.717) is 18.8 Å². The van der Waals surface area contributed by atoms with E-state index in [4.69, 9.17) is 13.7 Å². The number of benzene rings is 1. The summed E-state index contributed by atoms with van der Waals surface area (Å²) in [4.78, 5) is 27.6. The van der Waals surface area contributed by atoms with Gasteiger partial charge in [-0.15, -0.1) is 0 Å². The van der Waals surface area contributed by atoms with E-state index in [2.05, 4.69) is 31.4 Å². The first-order valence-electron chi connectivity index (χ1n) is 8.17. The lowest BCUT2D eigenvalue weighted by atomic mass is 10.2. The lowest BCUT2D eigenvalue weighted by Crippen LogP contribution is -2.24. The maximum atomic E-state index is 11.8. The molecule has 0 saturated carbocycles. The van der Waals surface area contributed by atoms with Crippen molar-refractivity contribution in [3.63, 3.8) is 0 Å². The van der Waals surface area contributed by atoms with Crippen LogP contribution in [0.4, 0.5) is 0 Å². The summed E-state index contributed by atoms with van der Waals surface area (Å²) in [6.45, 7) is 0.237. The lowest BCUT2D eigenvalue weighted by molar-refractivity contribution is -0.145. The molecule has 0 aliphatic heterocycles. The van der Waals surface area contributed by atoms with E-state index in [-0.39, 0.29) is 30.6 Å². The van der Waals surface area contributed by atoms with Gasteiger partial charge in [-0.1, -0.05) is 33.2 Å². The highest BCUT2D eigenvalue weighted by atomic mass is 79.9. The highest BCUT2D eigenvalue weighted by molar-refractivity contribution is 9.10. The van der Waals surface area contributed by atoms with Crippen LogP contribution >= 0.6 is 15.9 Å². The molecule has 8 nitrogen and oxygen atoms in total. The number of esters is 1. The molecule has 0 saturated heterocycles. The SMILES string of the molecule is O=C(CCCNC(=O)c1ccco1)OCc1nc(-c2cccc(Br)c2)no1. The molecule has 27 heavy (non-hydrogen) atoms. The molecule has 3 rings (SSSR count). The van der Waals surface area contributed by atoms with Gasteiger partial charge in [-0.05, 0) is 30.7 Å². The number of hydrogen-bond acceptors (Lipinski definition) is 7. The van der Waals surface area contributed by atoms with Crippen LogP contribution in [0, 0.1) is 0 Å². The number of rotatable bonds is 8. The van der Waals surface area contributed by atoms with Gasteiger partial charge in [-0.25, -0.2) is 0 Å². The minimum atomic E-state index is -0.413. The number of hydrogen-bond donors (Lipinski definition) is 1. The van der Waals surface area contributed by atoms with E-state index >= 15 is 0 Å². The molecule has 1 N–H and O–H groups in total. The summed E-state index contributed by atoms with van der Waals surface area (Å²) in [6, 6.07) is 10.7. The molecular formula is C18H16BrN3O5. The standard InChI is InChI=1S/C18H16BrN3O5/c19-13-5-1-4-12(10-13)17-21-15(27-22-17)11-26-16(23)7-2-8-20-18(24)14-6-3-9-25-14/h1,3-6,9-10H,2,7-8,11H2,(H,20,24). The van der Waals surface area contributed by atoms with Crippen LogP contribution in [0.3, 0.4) is 0 Å². The van der Waals surface area contributed by atoms with Crippen molar-refractivity contribution in [1.82, 2.24) is 15.5 Å². The Morgan fingerprint density at radius 1 is 1.22 bits per heavy atom. The number of nitrogens with zero attached hydrogens (tertiary/aromatic N) is 2. The van der Waals surface area contributed by atoms with Gasteiger partial charge in [0.2, 0.25) is 5.82 Å². The highest BCUT2D eigenvalue weighted by Gasteiger charge is 2.12. The van der Waals surface area contributed by atoms with Gasteiger partial charge in [0.15, 0.2) is 12.4 Å². The smallest absolute Gasteiger partial charge is 0.306 e. The Labute approximate surface area is 163 Å².